The lowest BCUT2D eigenvalue weighted by atomic mass is 9.93. The molecular weight excluding hydrogens is 565 g/mol. The zero-order valence-electron chi connectivity index (χ0n) is 24.9. The monoisotopic (exact) mass is 599 g/mol. The Labute approximate surface area is 253 Å². The molecule has 0 radical (unpaired) electrons. The highest BCUT2D eigenvalue weighted by atomic mass is 19.1. The van der Waals surface area contributed by atoms with Crippen molar-refractivity contribution >= 4 is 34.2 Å². The molecule has 0 bridgehead atoms. The van der Waals surface area contributed by atoms with Gasteiger partial charge in [-0.25, -0.2) is 4.39 Å². The molecule has 3 amide bonds. The third kappa shape index (κ3) is 5.31. The van der Waals surface area contributed by atoms with Gasteiger partial charge in [-0.3, -0.25) is 19.1 Å². The lowest BCUT2D eigenvalue weighted by Gasteiger charge is -2.37. The topological polar surface area (TPSA) is 117 Å². The van der Waals surface area contributed by atoms with E-state index in [0.29, 0.717) is 60.4 Å². The van der Waals surface area contributed by atoms with Gasteiger partial charge in [0.05, 0.1) is 25.4 Å². The molecule has 44 heavy (non-hydrogen) atoms. The number of piperazine rings is 1. The summed E-state index contributed by atoms with van der Waals surface area (Å²) < 4.78 is 23.8. The van der Waals surface area contributed by atoms with Crippen LogP contribution in [0.5, 0.6) is 5.75 Å². The molecule has 0 spiro atoms. The summed E-state index contributed by atoms with van der Waals surface area (Å²) in [5.41, 5.74) is 2.81. The number of carbonyl (C=O) groups excluding carboxylic acids is 3. The van der Waals surface area contributed by atoms with Crippen LogP contribution >= 0.6 is 0 Å². The summed E-state index contributed by atoms with van der Waals surface area (Å²) in [5.74, 6) is -0.484. The average Bonchev–Trinajstić information content (AvgIpc) is 3.74. The fourth-order valence-electron chi connectivity index (χ4n) is 6.02. The number of aromatic amines is 1. The highest BCUT2D eigenvalue weighted by molar-refractivity contribution is 6.06. The van der Waals surface area contributed by atoms with Crippen LogP contribution < -0.4 is 4.74 Å². The number of para-hydroxylation sites is 1. The van der Waals surface area contributed by atoms with Crippen LogP contribution in [-0.4, -0.2) is 98.8 Å². The Morgan fingerprint density at radius 1 is 1.11 bits per heavy atom. The molecule has 1 atom stereocenters. The zero-order valence-corrected chi connectivity index (χ0v) is 24.9. The number of aryl methyl sites for hydroxylation is 1. The van der Waals surface area contributed by atoms with Crippen LogP contribution in [0, 0.1) is 5.82 Å². The van der Waals surface area contributed by atoms with Gasteiger partial charge >= 0.3 is 0 Å². The van der Waals surface area contributed by atoms with Crippen molar-refractivity contribution in [1.29, 1.82) is 0 Å². The molecule has 0 unspecified atom stereocenters. The van der Waals surface area contributed by atoms with Crippen molar-refractivity contribution in [3.63, 3.8) is 0 Å². The third-order valence-electron chi connectivity index (χ3n) is 8.49. The molecule has 4 aromatic rings. The van der Waals surface area contributed by atoms with Gasteiger partial charge in [0, 0.05) is 62.4 Å². The first-order chi connectivity index (χ1) is 21.3. The number of fused-ring (bicyclic) bond motifs is 1. The van der Waals surface area contributed by atoms with E-state index in [2.05, 4.69) is 15.3 Å². The Bertz CT molecular complexity index is 1760. The number of amides is 3. The van der Waals surface area contributed by atoms with Gasteiger partial charge in [0.25, 0.3) is 5.91 Å². The van der Waals surface area contributed by atoms with Crippen molar-refractivity contribution in [1.82, 2.24) is 34.7 Å². The fraction of sp³-hybridized carbons (Fsp3) is 0.344. The number of hydrogen-bond acceptors (Lipinski definition) is 6. The number of rotatable bonds is 7. The van der Waals surface area contributed by atoms with Gasteiger partial charge in [0.15, 0.2) is 5.82 Å². The molecule has 1 saturated heterocycles. The molecule has 12 heteroatoms. The minimum absolute atomic E-state index is 0.0545. The normalized spacial score (nSPS) is 17.3. The molecule has 4 heterocycles. The van der Waals surface area contributed by atoms with E-state index in [9.17, 15) is 14.4 Å². The molecule has 2 aromatic carbocycles. The van der Waals surface area contributed by atoms with Crippen LogP contribution in [0.2, 0.25) is 0 Å². The van der Waals surface area contributed by atoms with E-state index in [1.807, 2.05) is 30.3 Å². The molecule has 2 aliphatic rings. The standard InChI is InChI=1S/C32H34FN7O4/c1-20-31(42)37(2)15-16-40(20)32(43)26-18-25-24(22-8-4-5-9-27(22)44-3)17-23(29(33)30(25)35-26)21-7-6-12-38(19-21)28(41)10-13-39-14-11-34-36-39/h4-5,7-9,11,14,17-18,20,35H,6,10,12-13,15-16,19H2,1-3H3/t20-/m1/s1. The van der Waals surface area contributed by atoms with Gasteiger partial charge in [0.2, 0.25) is 11.8 Å². The van der Waals surface area contributed by atoms with Crippen molar-refractivity contribution in [2.75, 3.05) is 40.3 Å². The third-order valence-corrected chi connectivity index (χ3v) is 8.49. The second-order valence-corrected chi connectivity index (χ2v) is 11.1. The molecule has 2 aromatic heterocycles. The van der Waals surface area contributed by atoms with Gasteiger partial charge in [-0.2, -0.15) is 0 Å². The Kier molecular flexibility index (Phi) is 7.90. The van der Waals surface area contributed by atoms with Gasteiger partial charge in [0.1, 0.15) is 17.5 Å². The molecule has 1 N–H and O–H groups in total. The molecule has 0 saturated carbocycles. The Morgan fingerprint density at radius 2 is 1.93 bits per heavy atom. The highest BCUT2D eigenvalue weighted by Crippen LogP contribution is 2.40. The van der Waals surface area contributed by atoms with Crippen molar-refractivity contribution in [2.24, 2.45) is 0 Å². The van der Waals surface area contributed by atoms with Gasteiger partial charge in [-0.1, -0.05) is 29.5 Å². The summed E-state index contributed by atoms with van der Waals surface area (Å²) in [6.07, 6.45) is 6.06. The summed E-state index contributed by atoms with van der Waals surface area (Å²) in [5, 5.41) is 8.22. The SMILES string of the molecule is COc1ccccc1-c1cc(C2=CCCN(C(=O)CCn3ccnn3)C2)c(F)c2[nH]c(C(=O)N3CCN(C)C(=O)[C@H]3C)cc12. The smallest absolute Gasteiger partial charge is 0.271 e. The van der Waals surface area contributed by atoms with E-state index < -0.39 is 11.9 Å². The van der Waals surface area contributed by atoms with Crippen molar-refractivity contribution in [3.05, 3.63) is 71.9 Å². The van der Waals surface area contributed by atoms with E-state index in [0.717, 1.165) is 5.56 Å². The van der Waals surface area contributed by atoms with E-state index in [-0.39, 0.29) is 41.9 Å². The number of hydrogen-bond donors (Lipinski definition) is 1. The first-order valence-corrected chi connectivity index (χ1v) is 14.6. The Balaban J connectivity index is 1.39. The number of nitrogens with zero attached hydrogens (tertiary/aromatic N) is 6. The van der Waals surface area contributed by atoms with Gasteiger partial charge < -0.3 is 24.4 Å². The number of H-pyrrole nitrogens is 1. The minimum Gasteiger partial charge on any atom is -0.496 e. The number of benzene rings is 2. The van der Waals surface area contributed by atoms with Crippen LogP contribution in [0.15, 0.2) is 54.9 Å². The summed E-state index contributed by atoms with van der Waals surface area (Å²) in [4.78, 5) is 47.3. The molecule has 6 rings (SSSR count). The predicted octanol–water partition coefficient (Wildman–Crippen LogP) is 3.58. The van der Waals surface area contributed by atoms with Gasteiger partial charge in [-0.05, 0) is 42.7 Å². The lowest BCUT2D eigenvalue weighted by molar-refractivity contribution is -0.137. The van der Waals surface area contributed by atoms with Crippen molar-refractivity contribution in [3.8, 4) is 16.9 Å². The Morgan fingerprint density at radius 3 is 2.70 bits per heavy atom. The lowest BCUT2D eigenvalue weighted by Crippen LogP contribution is -2.56. The second kappa shape index (κ2) is 11.9. The summed E-state index contributed by atoms with van der Waals surface area (Å²) in [7, 11) is 3.29. The molecule has 0 aliphatic carbocycles. The quantitative estimate of drug-likeness (QED) is 0.347. The van der Waals surface area contributed by atoms with Crippen LogP contribution in [0.3, 0.4) is 0 Å². The number of methoxy groups -OCH3 is 1. The first kappa shape index (κ1) is 29.1. The van der Waals surface area contributed by atoms with Crippen LogP contribution in [0.4, 0.5) is 4.39 Å². The molecule has 11 nitrogen and oxygen atoms in total. The number of ether oxygens (including phenoxy) is 1. The summed E-state index contributed by atoms with van der Waals surface area (Å²) in [6.45, 7) is 3.68. The maximum Gasteiger partial charge on any atom is 0.271 e. The first-order valence-electron chi connectivity index (χ1n) is 14.6. The predicted molar refractivity (Wildman–Crippen MR) is 162 cm³/mol. The number of halogens is 1. The van der Waals surface area contributed by atoms with Crippen LogP contribution in [0.25, 0.3) is 27.6 Å². The maximum absolute atomic E-state index is 16.5. The van der Waals surface area contributed by atoms with Gasteiger partial charge in [-0.15, -0.1) is 5.10 Å². The Hall–Kier alpha value is -5.00. The second-order valence-electron chi connectivity index (χ2n) is 11.1. The summed E-state index contributed by atoms with van der Waals surface area (Å²) >= 11 is 0. The van der Waals surface area contributed by atoms with Crippen molar-refractivity contribution < 1.29 is 23.5 Å². The van der Waals surface area contributed by atoms with E-state index in [1.54, 1.807) is 60.1 Å². The zero-order chi connectivity index (χ0) is 31.0. The summed E-state index contributed by atoms with van der Waals surface area (Å²) in [6, 6.07) is 10.2. The average molecular weight is 600 g/mol. The molecule has 2 aliphatic heterocycles. The van der Waals surface area contributed by atoms with Crippen LogP contribution in [0.1, 0.15) is 35.8 Å². The maximum atomic E-state index is 16.5. The van der Waals surface area contributed by atoms with E-state index in [1.165, 1.54) is 4.90 Å². The molecular formula is C32H34FN7O4. The molecule has 1 fully saturated rings. The number of aromatic nitrogens is 4. The molecule has 228 valence electrons. The van der Waals surface area contributed by atoms with Crippen LogP contribution in [-0.2, 0) is 16.1 Å². The van der Waals surface area contributed by atoms with Crippen molar-refractivity contribution in [2.45, 2.75) is 32.4 Å². The number of nitrogens with one attached hydrogen (secondary N) is 1. The number of likely N-dealkylation sites (N-methyl/N-ethyl adjacent to an activating group) is 1. The minimum atomic E-state index is -0.637. The largest absolute Gasteiger partial charge is 0.496 e. The van der Waals surface area contributed by atoms with E-state index >= 15 is 4.39 Å². The highest BCUT2D eigenvalue weighted by Gasteiger charge is 2.34. The number of carbonyl (C=O) groups is 3. The van der Waals surface area contributed by atoms with E-state index in [4.69, 9.17) is 4.74 Å². The fourth-order valence-corrected chi connectivity index (χ4v) is 6.02.